The first-order valence-corrected chi connectivity index (χ1v) is 4.84. The molecule has 0 fully saturated rings. The van der Waals surface area contributed by atoms with Crippen LogP contribution in [0.1, 0.15) is 13.3 Å². The first kappa shape index (κ1) is 10.5. The summed E-state index contributed by atoms with van der Waals surface area (Å²) in [5.74, 6) is 0.638. The monoisotopic (exact) mass is 180 g/mol. The van der Waals surface area contributed by atoms with Crippen LogP contribution in [0.5, 0.6) is 0 Å². The van der Waals surface area contributed by atoms with E-state index in [-0.39, 0.29) is 6.04 Å². The Morgan fingerprint density at radius 3 is 2.77 bits per heavy atom. The second-order valence-electron chi connectivity index (χ2n) is 4.20. The molecule has 1 rings (SSSR count). The van der Waals surface area contributed by atoms with Crippen LogP contribution in [0.2, 0.25) is 0 Å². The molecule has 0 aromatic rings. The van der Waals surface area contributed by atoms with Gasteiger partial charge in [-0.15, -0.1) is 0 Å². The quantitative estimate of drug-likeness (QED) is 0.663. The summed E-state index contributed by atoms with van der Waals surface area (Å²) in [5.41, 5.74) is 7.00. The van der Waals surface area contributed by atoms with Gasteiger partial charge in [-0.05, 0) is 26.3 Å². The first-order chi connectivity index (χ1) is 6.08. The Morgan fingerprint density at radius 2 is 2.31 bits per heavy atom. The van der Waals surface area contributed by atoms with Gasteiger partial charge >= 0.3 is 0 Å². The molecule has 2 unspecified atom stereocenters. The van der Waals surface area contributed by atoms with Crippen molar-refractivity contribution in [3.05, 3.63) is 24.3 Å². The number of rotatable bonds is 4. The molecule has 0 amide bonds. The van der Waals surface area contributed by atoms with Crippen LogP contribution in [0.25, 0.3) is 0 Å². The highest BCUT2D eigenvalue weighted by Crippen LogP contribution is 2.17. The van der Waals surface area contributed by atoms with Gasteiger partial charge in [-0.1, -0.05) is 24.3 Å². The van der Waals surface area contributed by atoms with Gasteiger partial charge in [0.2, 0.25) is 0 Å². The molecule has 2 N–H and O–H groups in total. The summed E-state index contributed by atoms with van der Waals surface area (Å²) in [4.78, 5) is 2.30. The highest BCUT2D eigenvalue weighted by Gasteiger charge is 2.16. The van der Waals surface area contributed by atoms with Gasteiger partial charge in [0.25, 0.3) is 0 Å². The van der Waals surface area contributed by atoms with Gasteiger partial charge in [0, 0.05) is 19.1 Å². The molecule has 13 heavy (non-hydrogen) atoms. The van der Waals surface area contributed by atoms with Crippen molar-refractivity contribution < 1.29 is 0 Å². The van der Waals surface area contributed by atoms with Gasteiger partial charge < -0.3 is 10.6 Å². The van der Waals surface area contributed by atoms with E-state index < -0.39 is 0 Å². The van der Waals surface area contributed by atoms with E-state index in [4.69, 9.17) is 5.73 Å². The van der Waals surface area contributed by atoms with Crippen LogP contribution in [0.3, 0.4) is 0 Å². The maximum atomic E-state index is 5.78. The fraction of sp³-hybridized carbons (Fsp3) is 0.636. The molecule has 2 nitrogen and oxygen atoms in total. The van der Waals surface area contributed by atoms with Crippen molar-refractivity contribution in [3.63, 3.8) is 0 Å². The van der Waals surface area contributed by atoms with E-state index in [2.05, 4.69) is 37.6 Å². The molecule has 0 aromatic carbocycles. The van der Waals surface area contributed by atoms with Crippen LogP contribution in [-0.4, -0.2) is 31.1 Å². The molecule has 0 aromatic heterocycles. The van der Waals surface area contributed by atoms with Gasteiger partial charge in [0.1, 0.15) is 0 Å². The van der Waals surface area contributed by atoms with E-state index in [1.165, 1.54) is 5.57 Å². The highest BCUT2D eigenvalue weighted by molar-refractivity contribution is 5.05. The van der Waals surface area contributed by atoms with E-state index in [1.807, 2.05) is 0 Å². The Balaban J connectivity index is 2.25. The minimum atomic E-state index is 0.281. The van der Waals surface area contributed by atoms with Crippen molar-refractivity contribution in [2.24, 2.45) is 11.7 Å². The summed E-state index contributed by atoms with van der Waals surface area (Å²) in [6.07, 6.45) is 5.44. The van der Waals surface area contributed by atoms with Crippen molar-refractivity contribution in [1.82, 2.24) is 4.90 Å². The lowest BCUT2D eigenvalue weighted by Gasteiger charge is -2.20. The molecule has 2 heteroatoms. The Morgan fingerprint density at radius 1 is 1.62 bits per heavy atom. The molecular weight excluding hydrogens is 160 g/mol. The summed E-state index contributed by atoms with van der Waals surface area (Å²) in [6.45, 7) is 8.04. The van der Waals surface area contributed by atoms with Crippen molar-refractivity contribution in [3.8, 4) is 0 Å². The van der Waals surface area contributed by atoms with Crippen LogP contribution in [0, 0.1) is 5.92 Å². The molecular formula is C11H20N2. The van der Waals surface area contributed by atoms with Gasteiger partial charge in [0.15, 0.2) is 0 Å². The molecule has 0 saturated carbocycles. The zero-order valence-electron chi connectivity index (χ0n) is 8.66. The Bertz CT molecular complexity index is 208. The lowest BCUT2D eigenvalue weighted by atomic mass is 10.1. The summed E-state index contributed by atoms with van der Waals surface area (Å²) < 4.78 is 0. The number of hydrogen-bond donors (Lipinski definition) is 1. The largest absolute Gasteiger partial charge is 0.324 e. The molecule has 0 bridgehead atoms. The van der Waals surface area contributed by atoms with E-state index in [1.54, 1.807) is 0 Å². The minimum Gasteiger partial charge on any atom is -0.324 e. The van der Waals surface area contributed by atoms with E-state index in [0.717, 1.165) is 19.5 Å². The number of nitrogens with two attached hydrogens (primary N) is 1. The molecule has 1 aliphatic rings. The summed E-state index contributed by atoms with van der Waals surface area (Å²) in [7, 11) is 2.13. The van der Waals surface area contributed by atoms with Gasteiger partial charge in [-0.25, -0.2) is 0 Å². The minimum absolute atomic E-state index is 0.281. The van der Waals surface area contributed by atoms with Crippen LogP contribution in [0.15, 0.2) is 24.3 Å². The average Bonchev–Trinajstić information content (AvgIpc) is 2.33. The van der Waals surface area contributed by atoms with Crippen molar-refractivity contribution in [1.29, 1.82) is 0 Å². The zero-order chi connectivity index (χ0) is 9.84. The van der Waals surface area contributed by atoms with Gasteiger partial charge in [0.05, 0.1) is 0 Å². The zero-order valence-corrected chi connectivity index (χ0v) is 8.66. The maximum absolute atomic E-state index is 5.78. The highest BCUT2D eigenvalue weighted by atomic mass is 15.1. The topological polar surface area (TPSA) is 29.3 Å². The van der Waals surface area contributed by atoms with E-state index >= 15 is 0 Å². The summed E-state index contributed by atoms with van der Waals surface area (Å²) in [6, 6.07) is 0.281. The third-order valence-corrected chi connectivity index (χ3v) is 2.29. The molecule has 0 saturated heterocycles. The average molecular weight is 180 g/mol. The van der Waals surface area contributed by atoms with E-state index in [9.17, 15) is 0 Å². The Hall–Kier alpha value is -0.600. The van der Waals surface area contributed by atoms with Crippen LogP contribution in [-0.2, 0) is 0 Å². The molecule has 2 atom stereocenters. The predicted octanol–water partition coefficient (Wildman–Crippen LogP) is 1.40. The lowest BCUT2D eigenvalue weighted by Crippen LogP contribution is -2.27. The Labute approximate surface area is 81.1 Å². The Kier molecular flexibility index (Phi) is 3.70. The normalized spacial score (nSPS) is 27.1. The molecule has 0 aliphatic heterocycles. The smallest absolute Gasteiger partial charge is 0.0229 e. The molecule has 0 heterocycles. The number of hydrogen-bond acceptors (Lipinski definition) is 2. The molecule has 74 valence electrons. The summed E-state index contributed by atoms with van der Waals surface area (Å²) >= 11 is 0. The lowest BCUT2D eigenvalue weighted by molar-refractivity contribution is 0.317. The molecule has 0 spiro atoms. The third-order valence-electron chi connectivity index (χ3n) is 2.29. The van der Waals surface area contributed by atoms with Crippen LogP contribution >= 0.6 is 0 Å². The fourth-order valence-corrected chi connectivity index (χ4v) is 1.87. The second-order valence-corrected chi connectivity index (χ2v) is 4.20. The van der Waals surface area contributed by atoms with Crippen LogP contribution < -0.4 is 5.73 Å². The number of likely N-dealkylation sites (N-methyl/N-ethyl adjacent to an activating group) is 1. The van der Waals surface area contributed by atoms with Gasteiger partial charge in [-0.2, -0.15) is 0 Å². The maximum Gasteiger partial charge on any atom is 0.0229 e. The fourth-order valence-electron chi connectivity index (χ4n) is 1.87. The predicted molar refractivity (Wildman–Crippen MR) is 57.5 cm³/mol. The van der Waals surface area contributed by atoms with Crippen molar-refractivity contribution in [2.45, 2.75) is 19.4 Å². The van der Waals surface area contributed by atoms with Gasteiger partial charge in [-0.3, -0.25) is 0 Å². The standard InChI is InChI=1S/C11H20N2/c1-9(2)7-13(3)8-10-4-5-11(12)6-10/h4-5,10-11H,1,6-8,12H2,2-3H3. The number of nitrogens with zero attached hydrogens (tertiary/aromatic N) is 1. The van der Waals surface area contributed by atoms with Crippen molar-refractivity contribution in [2.75, 3.05) is 20.1 Å². The SMILES string of the molecule is C=C(C)CN(C)CC1C=CC(N)C1. The van der Waals surface area contributed by atoms with Crippen LogP contribution in [0.4, 0.5) is 0 Å². The van der Waals surface area contributed by atoms with E-state index in [0.29, 0.717) is 5.92 Å². The third kappa shape index (κ3) is 3.75. The van der Waals surface area contributed by atoms with Crippen molar-refractivity contribution >= 4 is 0 Å². The molecule has 0 radical (unpaired) electrons. The first-order valence-electron chi connectivity index (χ1n) is 4.84. The second kappa shape index (κ2) is 4.58. The summed E-state index contributed by atoms with van der Waals surface area (Å²) in [5, 5.41) is 0. The molecule has 1 aliphatic carbocycles.